The minimum absolute atomic E-state index is 0.194. The van der Waals surface area contributed by atoms with Gasteiger partial charge in [0.25, 0.3) is 0 Å². The number of carbonyl (C=O) groups is 1. The van der Waals surface area contributed by atoms with E-state index in [0.717, 1.165) is 12.8 Å². The molecule has 0 aliphatic heterocycles. The number of fused-ring (bicyclic) bond motifs is 1. The second kappa shape index (κ2) is 3.70. The first-order chi connectivity index (χ1) is 6.79. The second-order valence-electron chi connectivity index (χ2n) is 3.51. The molecule has 3 heteroatoms. The zero-order chi connectivity index (χ0) is 9.97. The van der Waals surface area contributed by atoms with E-state index < -0.39 is 0 Å². The lowest BCUT2D eigenvalue weighted by atomic mass is 10.1. The van der Waals surface area contributed by atoms with Crippen LogP contribution in [-0.4, -0.2) is 19.2 Å². The van der Waals surface area contributed by atoms with Crippen molar-refractivity contribution >= 4 is 6.09 Å². The van der Waals surface area contributed by atoms with Crippen LogP contribution in [0.3, 0.4) is 0 Å². The topological polar surface area (TPSA) is 38.3 Å². The van der Waals surface area contributed by atoms with Gasteiger partial charge in [0.15, 0.2) is 0 Å². The van der Waals surface area contributed by atoms with Gasteiger partial charge >= 0.3 is 6.09 Å². The van der Waals surface area contributed by atoms with E-state index in [1.807, 2.05) is 12.1 Å². The highest BCUT2D eigenvalue weighted by molar-refractivity contribution is 5.67. The first kappa shape index (κ1) is 9.06. The lowest BCUT2D eigenvalue weighted by Crippen LogP contribution is -2.35. The molecule has 0 atom stereocenters. The maximum absolute atomic E-state index is 11.0. The molecule has 1 aromatic carbocycles. The average molecular weight is 191 g/mol. The summed E-state index contributed by atoms with van der Waals surface area (Å²) >= 11 is 0. The van der Waals surface area contributed by atoms with Crippen molar-refractivity contribution in [3.8, 4) is 0 Å². The Morgan fingerprint density at radius 1 is 1.36 bits per heavy atom. The molecule has 1 aliphatic carbocycles. The molecule has 3 nitrogen and oxygen atoms in total. The summed E-state index contributed by atoms with van der Waals surface area (Å²) in [7, 11) is 1.39. The molecule has 0 fully saturated rings. The van der Waals surface area contributed by atoms with Gasteiger partial charge in [0, 0.05) is 6.04 Å². The Bertz CT molecular complexity index is 324. The van der Waals surface area contributed by atoms with Crippen molar-refractivity contribution in [1.29, 1.82) is 0 Å². The normalized spacial score (nSPS) is 14.9. The van der Waals surface area contributed by atoms with Crippen molar-refractivity contribution < 1.29 is 9.53 Å². The Morgan fingerprint density at radius 3 is 2.43 bits per heavy atom. The fourth-order valence-electron chi connectivity index (χ4n) is 1.89. The molecule has 1 N–H and O–H groups in total. The minimum atomic E-state index is -0.345. The van der Waals surface area contributed by atoms with Gasteiger partial charge in [-0.15, -0.1) is 0 Å². The number of alkyl carbamates (subject to hydrolysis) is 1. The standard InChI is InChI=1S/C11H13NO2/c1-14-11(13)12-10-6-8-4-2-3-5-9(8)7-10/h2-5,10H,6-7H2,1H3,(H,12,13). The number of ether oxygens (including phenoxy) is 1. The molecule has 0 saturated carbocycles. The molecule has 0 saturated heterocycles. The highest BCUT2D eigenvalue weighted by Crippen LogP contribution is 2.21. The third-order valence-electron chi connectivity index (χ3n) is 2.56. The van der Waals surface area contributed by atoms with Crippen molar-refractivity contribution in [2.75, 3.05) is 7.11 Å². The molecule has 0 bridgehead atoms. The maximum atomic E-state index is 11.0. The van der Waals surface area contributed by atoms with Gasteiger partial charge in [0.2, 0.25) is 0 Å². The van der Waals surface area contributed by atoms with E-state index >= 15 is 0 Å². The van der Waals surface area contributed by atoms with Crippen LogP contribution in [0.15, 0.2) is 24.3 Å². The van der Waals surface area contributed by atoms with Crippen LogP contribution < -0.4 is 5.32 Å². The quantitative estimate of drug-likeness (QED) is 0.730. The summed E-state index contributed by atoms with van der Waals surface area (Å²) in [6.07, 6.45) is 1.47. The summed E-state index contributed by atoms with van der Waals surface area (Å²) in [5.41, 5.74) is 2.66. The van der Waals surface area contributed by atoms with E-state index in [9.17, 15) is 4.79 Å². The number of carbonyl (C=O) groups excluding carboxylic acids is 1. The van der Waals surface area contributed by atoms with Crippen LogP contribution in [0, 0.1) is 0 Å². The third kappa shape index (κ3) is 1.71. The van der Waals surface area contributed by atoms with Gasteiger partial charge in [0.1, 0.15) is 0 Å². The van der Waals surface area contributed by atoms with Crippen LogP contribution in [0.25, 0.3) is 0 Å². The predicted molar refractivity (Wildman–Crippen MR) is 53.2 cm³/mol. The van der Waals surface area contributed by atoms with Gasteiger partial charge in [-0.3, -0.25) is 0 Å². The van der Waals surface area contributed by atoms with Crippen LogP contribution in [-0.2, 0) is 17.6 Å². The number of hydrogen-bond donors (Lipinski definition) is 1. The van der Waals surface area contributed by atoms with Gasteiger partial charge in [-0.05, 0) is 24.0 Å². The number of hydrogen-bond acceptors (Lipinski definition) is 2. The van der Waals surface area contributed by atoms with E-state index in [2.05, 4.69) is 22.2 Å². The van der Waals surface area contributed by atoms with Crippen LogP contribution >= 0.6 is 0 Å². The molecule has 1 aliphatic rings. The van der Waals surface area contributed by atoms with Gasteiger partial charge < -0.3 is 10.1 Å². The molecule has 14 heavy (non-hydrogen) atoms. The molecule has 1 aromatic rings. The van der Waals surface area contributed by atoms with Gasteiger partial charge in [0.05, 0.1) is 7.11 Å². The molecule has 0 aromatic heterocycles. The molecule has 0 spiro atoms. The van der Waals surface area contributed by atoms with Crippen molar-refractivity contribution in [3.63, 3.8) is 0 Å². The SMILES string of the molecule is COC(=O)NC1Cc2ccccc2C1. The lowest BCUT2D eigenvalue weighted by Gasteiger charge is -2.09. The zero-order valence-electron chi connectivity index (χ0n) is 8.12. The fraction of sp³-hybridized carbons (Fsp3) is 0.364. The van der Waals surface area contributed by atoms with E-state index in [0.29, 0.717) is 0 Å². The number of nitrogens with one attached hydrogen (secondary N) is 1. The summed E-state index contributed by atoms with van der Waals surface area (Å²) in [6.45, 7) is 0. The minimum Gasteiger partial charge on any atom is -0.453 e. The molecule has 74 valence electrons. The monoisotopic (exact) mass is 191 g/mol. The van der Waals surface area contributed by atoms with Crippen LogP contribution in [0.4, 0.5) is 4.79 Å². The van der Waals surface area contributed by atoms with Gasteiger partial charge in [-0.25, -0.2) is 4.79 Å². The zero-order valence-corrected chi connectivity index (χ0v) is 8.12. The number of methoxy groups -OCH3 is 1. The molecule has 0 radical (unpaired) electrons. The van der Waals surface area contributed by atoms with Crippen molar-refractivity contribution in [1.82, 2.24) is 5.32 Å². The van der Waals surface area contributed by atoms with E-state index in [1.165, 1.54) is 18.2 Å². The molecular weight excluding hydrogens is 178 g/mol. The fourth-order valence-corrected chi connectivity index (χ4v) is 1.89. The van der Waals surface area contributed by atoms with Crippen LogP contribution in [0.5, 0.6) is 0 Å². The molecule has 0 heterocycles. The van der Waals surface area contributed by atoms with Crippen molar-refractivity contribution in [2.45, 2.75) is 18.9 Å². The van der Waals surface area contributed by atoms with Gasteiger partial charge in [-0.1, -0.05) is 24.3 Å². The van der Waals surface area contributed by atoms with Crippen molar-refractivity contribution in [3.05, 3.63) is 35.4 Å². The highest BCUT2D eigenvalue weighted by atomic mass is 16.5. The number of rotatable bonds is 1. The molecule has 1 amide bonds. The highest BCUT2D eigenvalue weighted by Gasteiger charge is 2.22. The smallest absolute Gasteiger partial charge is 0.407 e. The summed E-state index contributed by atoms with van der Waals surface area (Å²) < 4.78 is 4.56. The number of benzene rings is 1. The van der Waals surface area contributed by atoms with Crippen molar-refractivity contribution in [2.24, 2.45) is 0 Å². The van der Waals surface area contributed by atoms with Gasteiger partial charge in [-0.2, -0.15) is 0 Å². The predicted octanol–water partition coefficient (Wildman–Crippen LogP) is 1.51. The van der Waals surface area contributed by atoms with E-state index in [-0.39, 0.29) is 12.1 Å². The Hall–Kier alpha value is -1.51. The summed E-state index contributed by atoms with van der Waals surface area (Å²) in [6, 6.07) is 8.46. The van der Waals surface area contributed by atoms with Crippen LogP contribution in [0.1, 0.15) is 11.1 Å². The summed E-state index contributed by atoms with van der Waals surface area (Å²) in [4.78, 5) is 11.0. The Labute approximate surface area is 83.1 Å². The van der Waals surface area contributed by atoms with E-state index in [1.54, 1.807) is 0 Å². The Balaban J connectivity index is 2.01. The summed E-state index contributed by atoms with van der Waals surface area (Å²) in [5, 5.41) is 2.81. The number of amides is 1. The average Bonchev–Trinajstić information content (AvgIpc) is 2.59. The largest absolute Gasteiger partial charge is 0.453 e. The van der Waals surface area contributed by atoms with E-state index in [4.69, 9.17) is 0 Å². The summed E-state index contributed by atoms with van der Waals surface area (Å²) in [5.74, 6) is 0. The Kier molecular flexibility index (Phi) is 2.39. The lowest BCUT2D eigenvalue weighted by molar-refractivity contribution is 0.167. The Morgan fingerprint density at radius 2 is 1.93 bits per heavy atom. The second-order valence-corrected chi connectivity index (χ2v) is 3.51. The first-order valence-corrected chi connectivity index (χ1v) is 4.71. The molecular formula is C11H13NO2. The molecule has 2 rings (SSSR count). The third-order valence-corrected chi connectivity index (χ3v) is 2.56. The maximum Gasteiger partial charge on any atom is 0.407 e. The molecule has 0 unspecified atom stereocenters. The first-order valence-electron chi connectivity index (χ1n) is 4.71. The van der Waals surface area contributed by atoms with Crippen LogP contribution in [0.2, 0.25) is 0 Å².